The molecule has 4 rings (SSSR count). The number of nitrogens with zero attached hydrogens (tertiary/aromatic N) is 4. The van der Waals surface area contributed by atoms with Gasteiger partial charge in [0.05, 0.1) is 32.5 Å². The van der Waals surface area contributed by atoms with E-state index in [2.05, 4.69) is 20.7 Å². The maximum absolute atomic E-state index is 14.2. The van der Waals surface area contributed by atoms with Crippen LogP contribution in [0.5, 0.6) is 0 Å². The van der Waals surface area contributed by atoms with Crippen LogP contribution in [0.4, 0.5) is 20.3 Å². The molecule has 0 aliphatic carbocycles. The number of nitrogens with one attached hydrogen (secondary N) is 1. The predicted octanol–water partition coefficient (Wildman–Crippen LogP) is 5.53. The number of benzene rings is 2. The van der Waals surface area contributed by atoms with Gasteiger partial charge in [-0.1, -0.05) is 18.2 Å². The number of nitriles is 1. The fourth-order valence-electron chi connectivity index (χ4n) is 4.72. The molecule has 226 valence electrons. The molecule has 1 aromatic heterocycles. The minimum Gasteiger partial charge on any atom is -0.356 e. The van der Waals surface area contributed by atoms with Crippen LogP contribution >= 0.6 is 0 Å². The number of anilines is 2. The molecule has 43 heavy (non-hydrogen) atoms. The second-order valence-electron chi connectivity index (χ2n) is 11.3. The third-order valence-electron chi connectivity index (χ3n) is 7.23. The Bertz CT molecular complexity index is 1720. The van der Waals surface area contributed by atoms with Gasteiger partial charge in [-0.2, -0.15) is 9.62 Å². The smallest absolute Gasteiger partial charge is 0.273 e. The van der Waals surface area contributed by atoms with Crippen molar-refractivity contribution in [3.05, 3.63) is 71.4 Å². The van der Waals surface area contributed by atoms with E-state index >= 15 is 0 Å². The van der Waals surface area contributed by atoms with Gasteiger partial charge in [0.2, 0.25) is 5.92 Å². The SMILES string of the molecule is Cc1c(-c2ccc(C#N)cc2)cnc(N2CCCC(F)(F)CC2)c1C(=O)Nc1cccc(S(C)(=O)=NC(=O)C(C)(C)N)c1. The highest BCUT2D eigenvalue weighted by atomic mass is 32.2. The fourth-order valence-corrected chi connectivity index (χ4v) is 6.06. The molecule has 1 atom stereocenters. The predicted molar refractivity (Wildman–Crippen MR) is 163 cm³/mol. The number of hydrogen-bond donors (Lipinski definition) is 2. The van der Waals surface area contributed by atoms with E-state index in [0.717, 1.165) is 5.56 Å². The molecule has 9 nitrogen and oxygen atoms in total. The number of alkyl halides is 2. The van der Waals surface area contributed by atoms with Crippen molar-refractivity contribution in [2.45, 2.75) is 56.4 Å². The maximum atomic E-state index is 14.2. The summed E-state index contributed by atoms with van der Waals surface area (Å²) in [6.07, 6.45) is 2.56. The Morgan fingerprint density at radius 3 is 2.51 bits per heavy atom. The van der Waals surface area contributed by atoms with Crippen LogP contribution < -0.4 is 16.0 Å². The van der Waals surface area contributed by atoms with Crippen molar-refractivity contribution in [3.8, 4) is 17.2 Å². The van der Waals surface area contributed by atoms with Gasteiger partial charge in [-0.25, -0.2) is 18.0 Å². The van der Waals surface area contributed by atoms with Crippen molar-refractivity contribution in [1.29, 1.82) is 5.26 Å². The van der Waals surface area contributed by atoms with Crippen LogP contribution in [0.15, 0.2) is 64.0 Å². The molecular formula is C31H34F2N6O3S. The Balaban J connectivity index is 1.76. The first-order valence-corrected chi connectivity index (χ1v) is 15.6. The first kappa shape index (κ1) is 31.7. The number of aromatic nitrogens is 1. The number of nitrogens with two attached hydrogens (primary N) is 1. The molecule has 0 spiro atoms. The summed E-state index contributed by atoms with van der Waals surface area (Å²) < 4.78 is 45.6. The Morgan fingerprint density at radius 1 is 1.16 bits per heavy atom. The standard InChI is InChI=1S/C31H34F2N6O3S/c1-20-25(22-11-9-21(18-34)10-12-22)19-36-27(39-15-6-13-31(32,33)14-16-39)26(20)28(40)37-23-7-5-8-24(17-23)43(4,42)38-29(41)30(2,3)35/h5,7-12,17,19H,6,13-16,35H2,1-4H3,(H,37,40). The molecular weight excluding hydrogens is 574 g/mol. The summed E-state index contributed by atoms with van der Waals surface area (Å²) in [4.78, 5) is 32.8. The second-order valence-corrected chi connectivity index (χ2v) is 13.5. The zero-order valence-electron chi connectivity index (χ0n) is 24.5. The van der Waals surface area contributed by atoms with Crippen LogP contribution in [0.3, 0.4) is 0 Å². The van der Waals surface area contributed by atoms with Gasteiger partial charge in [-0.3, -0.25) is 9.59 Å². The van der Waals surface area contributed by atoms with Crippen molar-refractivity contribution in [2.24, 2.45) is 10.1 Å². The van der Waals surface area contributed by atoms with Gasteiger partial charge in [0.25, 0.3) is 11.8 Å². The van der Waals surface area contributed by atoms with Gasteiger partial charge in [0.15, 0.2) is 0 Å². The normalized spacial score (nSPS) is 16.4. The Hall–Kier alpha value is -4.21. The van der Waals surface area contributed by atoms with Gasteiger partial charge in [0, 0.05) is 54.5 Å². The largest absolute Gasteiger partial charge is 0.356 e. The first-order valence-electron chi connectivity index (χ1n) is 13.7. The van der Waals surface area contributed by atoms with E-state index in [-0.39, 0.29) is 42.1 Å². The molecule has 0 radical (unpaired) electrons. The van der Waals surface area contributed by atoms with Crippen molar-refractivity contribution in [1.82, 2.24) is 4.98 Å². The zero-order chi connectivity index (χ0) is 31.6. The lowest BCUT2D eigenvalue weighted by molar-refractivity contribution is -0.121. The summed E-state index contributed by atoms with van der Waals surface area (Å²) in [6, 6.07) is 15.1. The molecule has 1 unspecified atom stereocenters. The van der Waals surface area contributed by atoms with E-state index in [1.165, 1.54) is 26.2 Å². The van der Waals surface area contributed by atoms with Crippen molar-refractivity contribution in [3.63, 3.8) is 0 Å². The molecule has 12 heteroatoms. The fraction of sp³-hybridized carbons (Fsp3) is 0.355. The summed E-state index contributed by atoms with van der Waals surface area (Å²) >= 11 is 0. The number of amides is 2. The number of pyridine rings is 1. The highest BCUT2D eigenvalue weighted by molar-refractivity contribution is 7.93. The van der Waals surface area contributed by atoms with E-state index < -0.39 is 33.0 Å². The zero-order valence-corrected chi connectivity index (χ0v) is 25.3. The van der Waals surface area contributed by atoms with Gasteiger partial charge in [-0.15, -0.1) is 0 Å². The Morgan fingerprint density at radius 2 is 1.86 bits per heavy atom. The summed E-state index contributed by atoms with van der Waals surface area (Å²) in [5.74, 6) is -3.77. The van der Waals surface area contributed by atoms with Crippen LogP contribution in [0, 0.1) is 18.3 Å². The average molecular weight is 609 g/mol. The van der Waals surface area contributed by atoms with Gasteiger partial charge < -0.3 is 16.0 Å². The van der Waals surface area contributed by atoms with Crippen LogP contribution in [-0.2, 0) is 14.5 Å². The summed E-state index contributed by atoms with van der Waals surface area (Å²) in [6.45, 7) is 5.02. The van der Waals surface area contributed by atoms with E-state index in [4.69, 9.17) is 5.73 Å². The molecule has 2 amide bonds. The van der Waals surface area contributed by atoms with Gasteiger partial charge in [0.1, 0.15) is 5.82 Å². The molecule has 2 heterocycles. The van der Waals surface area contributed by atoms with Crippen LogP contribution in [0.2, 0.25) is 0 Å². The molecule has 0 saturated carbocycles. The van der Waals surface area contributed by atoms with E-state index in [0.29, 0.717) is 28.9 Å². The lowest BCUT2D eigenvalue weighted by Gasteiger charge is -2.26. The van der Waals surface area contributed by atoms with Crippen molar-refractivity contribution in [2.75, 3.05) is 29.6 Å². The monoisotopic (exact) mass is 608 g/mol. The Kier molecular flexibility index (Phi) is 8.99. The number of hydrogen-bond acceptors (Lipinski definition) is 7. The number of halogens is 2. The highest BCUT2D eigenvalue weighted by Gasteiger charge is 2.34. The third kappa shape index (κ3) is 7.42. The molecule has 1 aliphatic rings. The topological polar surface area (TPSA) is 142 Å². The Labute approximate surface area is 250 Å². The second kappa shape index (κ2) is 12.2. The van der Waals surface area contributed by atoms with Crippen LogP contribution in [0.25, 0.3) is 11.1 Å². The minimum absolute atomic E-state index is 0.0241. The minimum atomic E-state index is -3.18. The molecule has 3 aromatic rings. The molecule has 2 aromatic carbocycles. The van der Waals surface area contributed by atoms with Crippen LogP contribution in [0.1, 0.15) is 54.6 Å². The molecule has 3 N–H and O–H groups in total. The maximum Gasteiger partial charge on any atom is 0.273 e. The number of carbonyl (C=O) groups excluding carboxylic acids is 2. The van der Waals surface area contributed by atoms with E-state index in [1.807, 2.05) is 0 Å². The molecule has 1 aliphatic heterocycles. The van der Waals surface area contributed by atoms with Gasteiger partial charge >= 0.3 is 0 Å². The summed E-state index contributed by atoms with van der Waals surface area (Å²) in [5, 5.41) is 12.0. The average Bonchev–Trinajstić information content (AvgIpc) is 3.12. The third-order valence-corrected chi connectivity index (χ3v) is 8.87. The van der Waals surface area contributed by atoms with E-state index in [9.17, 15) is 27.8 Å². The summed E-state index contributed by atoms with van der Waals surface area (Å²) in [7, 11) is -3.18. The lowest BCUT2D eigenvalue weighted by Crippen LogP contribution is -2.40. The van der Waals surface area contributed by atoms with E-state index in [1.54, 1.807) is 60.5 Å². The molecule has 0 bridgehead atoms. The van der Waals surface area contributed by atoms with Gasteiger partial charge in [-0.05, 0) is 68.7 Å². The molecule has 1 fully saturated rings. The molecule has 1 saturated heterocycles. The first-order chi connectivity index (χ1) is 20.1. The number of rotatable bonds is 6. The highest BCUT2D eigenvalue weighted by Crippen LogP contribution is 2.35. The summed E-state index contributed by atoms with van der Waals surface area (Å²) in [5.41, 5.74) is 7.44. The van der Waals surface area contributed by atoms with Crippen molar-refractivity contribution >= 4 is 33.0 Å². The number of carbonyl (C=O) groups is 2. The quantitative estimate of drug-likeness (QED) is 0.375. The lowest BCUT2D eigenvalue weighted by atomic mass is 9.97. The van der Waals surface area contributed by atoms with Crippen LogP contribution in [-0.4, -0.2) is 51.8 Å². The van der Waals surface area contributed by atoms with Crippen molar-refractivity contribution < 1.29 is 22.6 Å².